The maximum Gasteiger partial charge on any atom is 0.332 e. The first-order valence-electron chi connectivity index (χ1n) is 10.7. The van der Waals surface area contributed by atoms with E-state index in [1.54, 1.807) is 25.0 Å². The molecule has 1 amide bonds. The fourth-order valence-corrected chi connectivity index (χ4v) is 3.84. The molecule has 3 heterocycles. The Morgan fingerprint density at radius 3 is 2.47 bits per heavy atom. The van der Waals surface area contributed by atoms with Crippen LogP contribution in [0.3, 0.4) is 0 Å². The maximum absolute atomic E-state index is 12.7. The van der Waals surface area contributed by atoms with Crippen LogP contribution in [0.2, 0.25) is 0 Å². The Morgan fingerprint density at radius 1 is 1.13 bits per heavy atom. The van der Waals surface area contributed by atoms with Gasteiger partial charge in [-0.1, -0.05) is 6.92 Å². The molecule has 2 aromatic rings. The zero-order chi connectivity index (χ0) is 21.8. The van der Waals surface area contributed by atoms with Crippen LogP contribution in [-0.4, -0.2) is 79.7 Å². The fraction of sp³-hybridized carbons (Fsp3) is 0.700. The summed E-state index contributed by atoms with van der Waals surface area (Å²) in [5.74, 6) is 0.0820. The van der Waals surface area contributed by atoms with Crippen LogP contribution in [0.25, 0.3) is 11.2 Å². The van der Waals surface area contributed by atoms with E-state index < -0.39 is 0 Å². The SMILES string of the molecule is CCC(C)NC(=O)CN1CCN(CCCn2c(=O)c3c(ncn3C)n(C)c2=O)CC1. The number of amides is 1. The molecular weight excluding hydrogens is 386 g/mol. The van der Waals surface area contributed by atoms with Gasteiger partial charge in [0, 0.05) is 52.9 Å². The van der Waals surface area contributed by atoms with Gasteiger partial charge in [0.1, 0.15) is 0 Å². The quantitative estimate of drug-likeness (QED) is 0.611. The third kappa shape index (κ3) is 4.81. The number of hydrogen-bond donors (Lipinski definition) is 1. The molecule has 2 aromatic heterocycles. The summed E-state index contributed by atoms with van der Waals surface area (Å²) in [6.07, 6.45) is 3.20. The van der Waals surface area contributed by atoms with Crippen LogP contribution in [0.4, 0.5) is 0 Å². The average Bonchev–Trinajstić information content (AvgIpc) is 3.11. The highest BCUT2D eigenvalue weighted by Crippen LogP contribution is 2.05. The Bertz CT molecular complexity index is 998. The van der Waals surface area contributed by atoms with Crippen LogP contribution >= 0.6 is 0 Å². The van der Waals surface area contributed by atoms with Crippen molar-refractivity contribution in [3.63, 3.8) is 0 Å². The number of nitrogens with one attached hydrogen (secondary N) is 1. The van der Waals surface area contributed by atoms with Gasteiger partial charge < -0.3 is 14.8 Å². The normalized spacial score (nSPS) is 16.8. The highest BCUT2D eigenvalue weighted by Gasteiger charge is 2.20. The summed E-state index contributed by atoms with van der Waals surface area (Å²) in [5, 5.41) is 3.01. The molecule has 1 N–H and O–H groups in total. The van der Waals surface area contributed by atoms with Gasteiger partial charge in [-0.25, -0.2) is 9.78 Å². The molecule has 166 valence electrons. The van der Waals surface area contributed by atoms with Crippen molar-refractivity contribution in [3.8, 4) is 0 Å². The Hall–Kier alpha value is -2.46. The minimum absolute atomic E-state index is 0.0820. The Labute approximate surface area is 176 Å². The van der Waals surface area contributed by atoms with Crippen LogP contribution in [0, 0.1) is 0 Å². The lowest BCUT2D eigenvalue weighted by atomic mass is 10.2. The molecule has 0 spiro atoms. The lowest BCUT2D eigenvalue weighted by molar-refractivity contribution is -0.123. The topological polar surface area (TPSA) is 97.4 Å². The predicted molar refractivity (Wildman–Crippen MR) is 116 cm³/mol. The Morgan fingerprint density at radius 2 is 1.80 bits per heavy atom. The van der Waals surface area contributed by atoms with Crippen LogP contribution in [0.1, 0.15) is 26.7 Å². The summed E-state index contributed by atoms with van der Waals surface area (Å²) in [5.41, 5.74) is 0.243. The molecule has 30 heavy (non-hydrogen) atoms. The van der Waals surface area contributed by atoms with Crippen molar-refractivity contribution in [1.29, 1.82) is 0 Å². The zero-order valence-corrected chi connectivity index (χ0v) is 18.4. The smallest absolute Gasteiger partial charge is 0.332 e. The van der Waals surface area contributed by atoms with Crippen molar-refractivity contribution in [1.82, 2.24) is 33.8 Å². The standard InChI is InChI=1S/C20H33N7O3/c1-5-15(2)22-16(28)13-26-11-9-25(10-12-26)7-6-8-27-19(29)17-18(21-14-23(17)3)24(4)20(27)30/h14-15H,5-13H2,1-4H3,(H,22,28). The number of carbonyl (C=O) groups is 1. The number of nitrogens with zero attached hydrogens (tertiary/aromatic N) is 6. The second kappa shape index (κ2) is 9.57. The molecule has 10 heteroatoms. The van der Waals surface area contributed by atoms with E-state index in [9.17, 15) is 14.4 Å². The minimum atomic E-state index is -0.330. The van der Waals surface area contributed by atoms with Gasteiger partial charge in [-0.2, -0.15) is 0 Å². The molecule has 10 nitrogen and oxygen atoms in total. The second-order valence-corrected chi connectivity index (χ2v) is 8.17. The van der Waals surface area contributed by atoms with E-state index in [2.05, 4.69) is 27.0 Å². The van der Waals surface area contributed by atoms with Gasteiger partial charge in [-0.3, -0.25) is 23.6 Å². The minimum Gasteiger partial charge on any atom is -0.353 e. The number of fused-ring (bicyclic) bond motifs is 1. The third-order valence-corrected chi connectivity index (χ3v) is 5.91. The lowest BCUT2D eigenvalue weighted by Crippen LogP contribution is -2.50. The summed E-state index contributed by atoms with van der Waals surface area (Å²) in [4.78, 5) is 46.0. The second-order valence-electron chi connectivity index (χ2n) is 8.17. The van der Waals surface area contributed by atoms with E-state index in [-0.39, 0.29) is 23.2 Å². The van der Waals surface area contributed by atoms with Gasteiger partial charge in [0.2, 0.25) is 5.91 Å². The molecule has 0 aliphatic carbocycles. The van der Waals surface area contributed by atoms with E-state index in [1.807, 2.05) is 6.92 Å². The number of hydrogen-bond acceptors (Lipinski definition) is 6. The summed E-state index contributed by atoms with van der Waals surface area (Å²) in [6.45, 7) is 9.15. The number of rotatable bonds is 8. The van der Waals surface area contributed by atoms with Gasteiger partial charge in [0.05, 0.1) is 12.9 Å². The van der Waals surface area contributed by atoms with Crippen LogP contribution in [0.5, 0.6) is 0 Å². The van der Waals surface area contributed by atoms with Gasteiger partial charge in [-0.15, -0.1) is 0 Å². The van der Waals surface area contributed by atoms with Crippen LogP contribution in [-0.2, 0) is 25.4 Å². The fourth-order valence-electron chi connectivity index (χ4n) is 3.84. The number of carbonyl (C=O) groups excluding carboxylic acids is 1. The largest absolute Gasteiger partial charge is 0.353 e. The monoisotopic (exact) mass is 419 g/mol. The molecule has 1 unspecified atom stereocenters. The van der Waals surface area contributed by atoms with Crippen molar-refractivity contribution in [3.05, 3.63) is 27.2 Å². The number of imidazole rings is 1. The number of piperazine rings is 1. The van der Waals surface area contributed by atoms with Crippen LogP contribution < -0.4 is 16.6 Å². The molecular formula is C20H33N7O3. The van der Waals surface area contributed by atoms with Crippen molar-refractivity contribution < 1.29 is 4.79 Å². The van der Waals surface area contributed by atoms with Crippen LogP contribution in [0.15, 0.2) is 15.9 Å². The lowest BCUT2D eigenvalue weighted by Gasteiger charge is -2.34. The highest BCUT2D eigenvalue weighted by molar-refractivity contribution is 5.78. The molecule has 1 aliphatic rings. The van der Waals surface area contributed by atoms with E-state index in [0.717, 1.165) is 39.1 Å². The van der Waals surface area contributed by atoms with Crippen molar-refractivity contribution in [2.24, 2.45) is 14.1 Å². The first-order chi connectivity index (χ1) is 14.3. The number of aryl methyl sites for hydroxylation is 2. The van der Waals surface area contributed by atoms with E-state index >= 15 is 0 Å². The molecule has 1 fully saturated rings. The maximum atomic E-state index is 12.7. The summed E-state index contributed by atoms with van der Waals surface area (Å²) in [6, 6.07) is 0.209. The summed E-state index contributed by atoms with van der Waals surface area (Å²) in [7, 11) is 3.40. The molecule has 0 saturated carbocycles. The van der Waals surface area contributed by atoms with Crippen molar-refractivity contribution in [2.45, 2.75) is 39.3 Å². The third-order valence-electron chi connectivity index (χ3n) is 5.91. The molecule has 0 aromatic carbocycles. The molecule has 1 saturated heterocycles. The summed E-state index contributed by atoms with van der Waals surface area (Å²) < 4.78 is 4.39. The molecule has 0 radical (unpaired) electrons. The van der Waals surface area contributed by atoms with E-state index in [0.29, 0.717) is 30.7 Å². The van der Waals surface area contributed by atoms with Gasteiger partial charge >= 0.3 is 5.69 Å². The molecule has 1 aliphatic heterocycles. The van der Waals surface area contributed by atoms with Gasteiger partial charge in [0.25, 0.3) is 5.56 Å². The molecule has 0 bridgehead atoms. The van der Waals surface area contributed by atoms with Gasteiger partial charge in [0.15, 0.2) is 11.2 Å². The van der Waals surface area contributed by atoms with Crippen molar-refractivity contribution >= 4 is 17.1 Å². The zero-order valence-electron chi connectivity index (χ0n) is 18.4. The summed E-state index contributed by atoms with van der Waals surface area (Å²) >= 11 is 0. The first-order valence-corrected chi connectivity index (χ1v) is 10.7. The van der Waals surface area contributed by atoms with E-state index in [4.69, 9.17) is 0 Å². The molecule has 1 atom stereocenters. The first kappa shape index (κ1) is 22.2. The van der Waals surface area contributed by atoms with Crippen molar-refractivity contribution in [2.75, 3.05) is 39.3 Å². The van der Waals surface area contributed by atoms with E-state index in [1.165, 1.54) is 9.13 Å². The Kier molecular flexibility index (Phi) is 7.09. The predicted octanol–water partition coefficient (Wildman–Crippen LogP) is -0.644. The average molecular weight is 420 g/mol. The highest BCUT2D eigenvalue weighted by atomic mass is 16.2. The number of aromatic nitrogens is 4. The van der Waals surface area contributed by atoms with Gasteiger partial charge in [-0.05, 0) is 26.3 Å². The Balaban J connectivity index is 1.50. The molecule has 3 rings (SSSR count).